The van der Waals surface area contributed by atoms with Crippen LogP contribution < -0.4 is 0 Å². The molecule has 9 aromatic rings. The highest BCUT2D eigenvalue weighted by Gasteiger charge is 2.37. The van der Waals surface area contributed by atoms with Gasteiger partial charge in [0, 0.05) is 101 Å². The van der Waals surface area contributed by atoms with E-state index in [0.29, 0.717) is 63.4 Å². The van der Waals surface area contributed by atoms with Crippen LogP contribution in [0.15, 0.2) is 119 Å². The first-order valence-corrected chi connectivity index (χ1v) is 30.8. The van der Waals surface area contributed by atoms with E-state index in [9.17, 15) is 47.7 Å². The number of carboxylic acids is 3. The number of aromatic nitrogens is 3. The van der Waals surface area contributed by atoms with Crippen LogP contribution in [0.25, 0.3) is 32.7 Å². The van der Waals surface area contributed by atoms with Crippen LogP contribution in [-0.2, 0) is 46.9 Å². The molecule has 0 spiro atoms. The lowest BCUT2D eigenvalue weighted by Gasteiger charge is -2.25. The maximum Gasteiger partial charge on any atom is 0.304 e. The van der Waals surface area contributed by atoms with Gasteiger partial charge in [-0.1, -0.05) is 84.7 Å². The van der Waals surface area contributed by atoms with Crippen molar-refractivity contribution in [3.63, 3.8) is 0 Å². The van der Waals surface area contributed by atoms with E-state index in [1.807, 2.05) is 65.2 Å². The van der Waals surface area contributed by atoms with Gasteiger partial charge in [0.1, 0.15) is 17.5 Å². The Labute approximate surface area is 509 Å². The van der Waals surface area contributed by atoms with Gasteiger partial charge in [-0.25, -0.2) is 13.2 Å². The number of carboxylic acid groups (broad SMARTS) is 3. The van der Waals surface area contributed by atoms with Crippen LogP contribution in [-0.4, -0.2) is 52.7 Å². The molecule has 1 fully saturated rings. The van der Waals surface area contributed by atoms with Gasteiger partial charge in [-0.3, -0.25) is 19.2 Å². The number of aliphatic carboxylic acids is 3. The van der Waals surface area contributed by atoms with Crippen LogP contribution in [0.5, 0.6) is 0 Å². The van der Waals surface area contributed by atoms with Crippen LogP contribution in [0.4, 0.5) is 13.2 Å². The zero-order valence-electron chi connectivity index (χ0n) is 47.2. The quantitative estimate of drug-likeness (QED) is 0.0861. The average Bonchev–Trinajstić information content (AvgIpc) is 1.65. The van der Waals surface area contributed by atoms with Crippen molar-refractivity contribution >= 4 is 103 Å². The van der Waals surface area contributed by atoms with Crippen LogP contribution in [0.3, 0.4) is 0 Å². The summed E-state index contributed by atoms with van der Waals surface area (Å²) in [7, 11) is 0. The second-order valence-electron chi connectivity index (χ2n) is 23.3. The predicted octanol–water partition coefficient (Wildman–Crippen LogP) is 18.1. The molecule has 3 N–H and O–H groups in total. The standard InChI is InChI=1S/C23H23ClFNO2S.C23H21ClFNO2.C22H19ClFNO3/c1-13(2)18-11-16(25)12-19-21(18)23(29-17-7-5-15(24)6-8-17)22-14(10-20(27)28)4-3-9-26(19)22;24-16-6-1-13(2-7-16)12-26-22-15(9-21(27)28)5-8-18(22)20-11-17(25)10-19(23(20)26)14-3-4-14;1-12(26)18-9-16(24)10-19-17-7-4-14(8-20(27)28)21(17)25(22(18)19)11-13-2-5-15(23)6-3-13/h5-8,11-14H,3-4,9-10H2,1-2H3,(H,27,28);1-2,6-7,10-11,14-15H,3-5,8-9,12H2,(H,27,28);2-3,5-6,9-10,14H,4,7-8,11H2,1H3,(H,27,28)/t14-;15-;14-/m111/s1. The van der Waals surface area contributed by atoms with E-state index in [0.717, 1.165) is 127 Å². The van der Waals surface area contributed by atoms with Crippen molar-refractivity contribution in [2.45, 2.75) is 150 Å². The first-order valence-electron chi connectivity index (χ1n) is 28.8. The zero-order chi connectivity index (χ0) is 60.1. The van der Waals surface area contributed by atoms with Crippen molar-refractivity contribution in [2.75, 3.05) is 0 Å². The van der Waals surface area contributed by atoms with Crippen molar-refractivity contribution in [1.29, 1.82) is 0 Å². The van der Waals surface area contributed by atoms with Gasteiger partial charge in [0.2, 0.25) is 0 Å². The van der Waals surface area contributed by atoms with Crippen LogP contribution in [0.1, 0.15) is 169 Å². The molecule has 4 aliphatic rings. The first kappa shape index (κ1) is 59.7. The molecule has 85 heavy (non-hydrogen) atoms. The number of hydrogen-bond acceptors (Lipinski definition) is 5. The molecule has 10 nitrogen and oxygen atoms in total. The maximum absolute atomic E-state index is 14.5. The van der Waals surface area contributed by atoms with Gasteiger partial charge >= 0.3 is 17.9 Å². The average molecular weight is 1230 g/mol. The molecule has 3 atom stereocenters. The van der Waals surface area contributed by atoms with Gasteiger partial charge in [-0.05, 0) is 188 Å². The Morgan fingerprint density at radius 3 is 1.55 bits per heavy atom. The highest BCUT2D eigenvalue weighted by atomic mass is 35.5. The third-order valence-electron chi connectivity index (χ3n) is 17.1. The van der Waals surface area contributed by atoms with Crippen LogP contribution in [0.2, 0.25) is 15.1 Å². The number of Topliss-reactive ketones (excluding diaryl/α,β-unsaturated/α-hetero) is 1. The Kier molecular flexibility index (Phi) is 17.4. The van der Waals surface area contributed by atoms with Gasteiger partial charge in [0.25, 0.3) is 0 Å². The fourth-order valence-corrected chi connectivity index (χ4v) is 15.1. The molecular weight excluding hydrogens is 1170 g/mol. The number of ketones is 1. The Hall–Kier alpha value is -6.97. The second-order valence-corrected chi connectivity index (χ2v) is 25.7. The largest absolute Gasteiger partial charge is 0.481 e. The van der Waals surface area contributed by atoms with Crippen LogP contribution in [0, 0.1) is 17.5 Å². The molecule has 17 heteroatoms. The molecule has 3 aliphatic carbocycles. The van der Waals surface area contributed by atoms with Crippen molar-refractivity contribution in [2.24, 2.45) is 0 Å². The molecule has 440 valence electrons. The molecule has 6 aromatic carbocycles. The van der Waals surface area contributed by atoms with Gasteiger partial charge in [0.05, 0.1) is 35.8 Å². The van der Waals surface area contributed by atoms with E-state index in [4.69, 9.17) is 34.8 Å². The number of nitrogens with zero attached hydrogens (tertiary/aromatic N) is 3. The molecule has 1 saturated carbocycles. The fraction of sp³-hybridized carbons (Fsp3) is 0.324. The fourth-order valence-electron chi connectivity index (χ4n) is 13.5. The molecule has 0 radical (unpaired) electrons. The highest BCUT2D eigenvalue weighted by molar-refractivity contribution is 7.99. The molecule has 3 aromatic heterocycles. The number of hydrogen-bond donors (Lipinski definition) is 3. The Bertz CT molecular complexity index is 4090. The summed E-state index contributed by atoms with van der Waals surface area (Å²) in [6, 6.07) is 32.1. The Balaban J connectivity index is 0.000000133. The summed E-state index contributed by atoms with van der Waals surface area (Å²) < 4.78 is 49.6. The topological polar surface area (TPSA) is 144 Å². The van der Waals surface area contributed by atoms with E-state index >= 15 is 0 Å². The summed E-state index contributed by atoms with van der Waals surface area (Å²) in [5.41, 5.74) is 12.2. The lowest BCUT2D eigenvalue weighted by Crippen LogP contribution is -2.18. The predicted molar refractivity (Wildman–Crippen MR) is 329 cm³/mol. The molecule has 0 saturated heterocycles. The zero-order valence-corrected chi connectivity index (χ0v) is 50.3. The summed E-state index contributed by atoms with van der Waals surface area (Å²) in [6.45, 7) is 7.44. The lowest BCUT2D eigenvalue weighted by atomic mass is 9.92. The minimum absolute atomic E-state index is 0.0157. The SMILES string of the molecule is CC(=O)c1cc(F)cc2c3c(n(Cc4ccc(Cl)cc4)c12)[C@@H](CC(=O)O)CC3.CC(C)c1cc(F)cc2c1c(Sc1ccc(Cl)cc1)c1n2CCC[C@@H]1CC(=O)O.O=C(O)C[C@H]1CCc2c1n(Cc1ccc(Cl)cc1)c1c(C3CC3)cc(F)cc21. The Morgan fingerprint density at radius 1 is 0.588 bits per heavy atom. The summed E-state index contributed by atoms with van der Waals surface area (Å²) in [4.78, 5) is 48.7. The molecule has 1 aliphatic heterocycles. The minimum Gasteiger partial charge on any atom is -0.481 e. The van der Waals surface area contributed by atoms with E-state index in [1.165, 1.54) is 19.1 Å². The maximum atomic E-state index is 14.5. The molecule has 4 heterocycles. The molecular formula is C68H63Cl3F3N3O7S. The highest BCUT2D eigenvalue weighted by Crippen LogP contribution is 2.51. The summed E-state index contributed by atoms with van der Waals surface area (Å²) in [5, 5.41) is 32.9. The van der Waals surface area contributed by atoms with Crippen molar-refractivity contribution in [1.82, 2.24) is 13.7 Å². The number of fused-ring (bicyclic) bond motifs is 9. The summed E-state index contributed by atoms with van der Waals surface area (Å²) in [5.74, 6) is -3.24. The third kappa shape index (κ3) is 12.5. The lowest BCUT2D eigenvalue weighted by molar-refractivity contribution is -0.138. The normalized spacial score (nSPS) is 16.9. The smallest absolute Gasteiger partial charge is 0.304 e. The monoisotopic (exact) mass is 1230 g/mol. The van der Waals surface area contributed by atoms with E-state index in [2.05, 4.69) is 23.0 Å². The van der Waals surface area contributed by atoms with E-state index in [-0.39, 0.29) is 60.4 Å². The number of rotatable bonds is 15. The van der Waals surface area contributed by atoms with E-state index in [1.54, 1.807) is 48.2 Å². The number of carbonyl (C=O) groups excluding carboxylic acids is 1. The first-order chi connectivity index (χ1) is 40.7. The number of benzene rings is 6. The second kappa shape index (κ2) is 24.8. The molecule has 0 amide bonds. The number of aryl methyl sites for hydroxylation is 3. The van der Waals surface area contributed by atoms with Gasteiger partial charge in [-0.15, -0.1) is 0 Å². The van der Waals surface area contributed by atoms with Crippen molar-refractivity contribution in [3.05, 3.63) is 198 Å². The van der Waals surface area contributed by atoms with Gasteiger partial charge in [-0.2, -0.15) is 0 Å². The van der Waals surface area contributed by atoms with Crippen molar-refractivity contribution in [3.8, 4) is 0 Å². The van der Waals surface area contributed by atoms with Gasteiger partial charge < -0.3 is 29.0 Å². The molecule has 0 bridgehead atoms. The van der Waals surface area contributed by atoms with Crippen molar-refractivity contribution < 1.29 is 47.7 Å². The summed E-state index contributed by atoms with van der Waals surface area (Å²) >= 11 is 19.7. The summed E-state index contributed by atoms with van der Waals surface area (Å²) in [6.07, 6.45) is 7.13. The third-order valence-corrected chi connectivity index (χ3v) is 19.0. The minimum atomic E-state index is -0.862. The number of halogens is 6. The van der Waals surface area contributed by atoms with Gasteiger partial charge in [0.15, 0.2) is 5.78 Å². The number of carbonyl (C=O) groups is 4. The van der Waals surface area contributed by atoms with Crippen LogP contribution >= 0.6 is 46.6 Å². The molecule has 0 unspecified atom stereocenters. The van der Waals surface area contributed by atoms with E-state index < -0.39 is 23.7 Å². The molecule has 13 rings (SSSR count). The Morgan fingerprint density at radius 2 is 1.06 bits per heavy atom.